The summed E-state index contributed by atoms with van der Waals surface area (Å²) in [7, 11) is 1.85. The fourth-order valence-corrected chi connectivity index (χ4v) is 3.25. The molecular formula is C16H23ClN2O2S. The molecule has 3 N–H and O–H groups in total. The van der Waals surface area contributed by atoms with Crippen LogP contribution in [0.3, 0.4) is 0 Å². The molecule has 1 unspecified atom stereocenters. The SMILES string of the molecule is CC(O)c1cc(N(C)C(=S)NC2CCCCC2)cc(Cl)c1O. The molecule has 1 saturated carbocycles. The first-order chi connectivity index (χ1) is 10.4. The van der Waals surface area contributed by atoms with Gasteiger partial charge in [0.1, 0.15) is 5.75 Å². The minimum absolute atomic E-state index is 0.0834. The Hall–Kier alpha value is -1.04. The lowest BCUT2D eigenvalue weighted by Crippen LogP contribution is -2.43. The standard InChI is InChI=1S/C16H23ClN2O2S/c1-10(20)13-8-12(9-14(17)15(13)21)19(2)16(22)18-11-6-4-3-5-7-11/h8-11,20-21H,3-7H2,1-2H3,(H,18,22). The molecule has 2 rings (SSSR count). The van der Waals surface area contributed by atoms with Gasteiger partial charge < -0.3 is 20.4 Å². The molecule has 6 heteroatoms. The number of nitrogens with zero attached hydrogens (tertiary/aromatic N) is 1. The van der Waals surface area contributed by atoms with Crippen LogP contribution in [0, 0.1) is 0 Å². The van der Waals surface area contributed by atoms with Crippen molar-refractivity contribution in [1.82, 2.24) is 5.32 Å². The first kappa shape index (κ1) is 17.3. The zero-order chi connectivity index (χ0) is 16.3. The Kier molecular flexibility index (Phi) is 5.89. The van der Waals surface area contributed by atoms with Crippen LogP contribution in [0.4, 0.5) is 5.69 Å². The van der Waals surface area contributed by atoms with Crippen LogP contribution >= 0.6 is 23.8 Å². The molecule has 0 radical (unpaired) electrons. The van der Waals surface area contributed by atoms with Crippen LogP contribution in [-0.2, 0) is 0 Å². The van der Waals surface area contributed by atoms with E-state index in [9.17, 15) is 10.2 Å². The van der Waals surface area contributed by atoms with Crippen molar-refractivity contribution in [3.63, 3.8) is 0 Å². The van der Waals surface area contributed by atoms with Gasteiger partial charge in [0, 0.05) is 24.3 Å². The molecule has 22 heavy (non-hydrogen) atoms. The monoisotopic (exact) mass is 342 g/mol. The predicted octanol–water partition coefficient (Wildman–Crippen LogP) is 3.74. The Morgan fingerprint density at radius 2 is 2.00 bits per heavy atom. The molecule has 122 valence electrons. The summed E-state index contributed by atoms with van der Waals surface area (Å²) in [5, 5.41) is 23.9. The average molecular weight is 343 g/mol. The molecule has 1 aromatic rings. The Bertz CT molecular complexity index is 545. The summed E-state index contributed by atoms with van der Waals surface area (Å²) in [5.74, 6) is -0.0834. The molecule has 0 amide bonds. The molecule has 0 saturated heterocycles. The largest absolute Gasteiger partial charge is 0.506 e. The van der Waals surface area contributed by atoms with Gasteiger partial charge in [-0.25, -0.2) is 0 Å². The van der Waals surface area contributed by atoms with Crippen molar-refractivity contribution < 1.29 is 10.2 Å². The van der Waals surface area contributed by atoms with E-state index in [1.165, 1.54) is 19.3 Å². The summed E-state index contributed by atoms with van der Waals surface area (Å²) >= 11 is 11.5. The number of thiocarbonyl (C=S) groups is 1. The molecule has 4 nitrogen and oxygen atoms in total. The minimum Gasteiger partial charge on any atom is -0.506 e. The highest BCUT2D eigenvalue weighted by Gasteiger charge is 2.19. The van der Waals surface area contributed by atoms with Gasteiger partial charge in [-0.3, -0.25) is 0 Å². The van der Waals surface area contributed by atoms with E-state index < -0.39 is 6.10 Å². The van der Waals surface area contributed by atoms with Gasteiger partial charge in [0.15, 0.2) is 5.11 Å². The average Bonchev–Trinajstić information content (AvgIpc) is 2.49. The van der Waals surface area contributed by atoms with Crippen molar-refractivity contribution in [2.24, 2.45) is 0 Å². The minimum atomic E-state index is -0.800. The second-order valence-electron chi connectivity index (χ2n) is 5.88. The third-order valence-corrected chi connectivity index (χ3v) is 4.83. The molecule has 0 spiro atoms. The van der Waals surface area contributed by atoms with E-state index in [-0.39, 0.29) is 10.8 Å². The maximum Gasteiger partial charge on any atom is 0.173 e. The van der Waals surface area contributed by atoms with Crippen molar-refractivity contribution in [3.05, 3.63) is 22.7 Å². The molecule has 0 aromatic heterocycles. The van der Waals surface area contributed by atoms with Gasteiger partial charge in [-0.15, -0.1) is 0 Å². The number of aromatic hydroxyl groups is 1. The molecular weight excluding hydrogens is 320 g/mol. The van der Waals surface area contributed by atoms with Gasteiger partial charge in [-0.2, -0.15) is 0 Å². The van der Waals surface area contributed by atoms with Gasteiger partial charge in [-0.1, -0.05) is 30.9 Å². The van der Waals surface area contributed by atoms with E-state index in [1.807, 2.05) is 11.9 Å². The van der Waals surface area contributed by atoms with E-state index in [4.69, 9.17) is 23.8 Å². The molecule has 0 bridgehead atoms. The van der Waals surface area contributed by atoms with Gasteiger partial charge in [-0.05, 0) is 44.1 Å². The maximum absolute atomic E-state index is 9.91. The van der Waals surface area contributed by atoms with Crippen LogP contribution in [0.15, 0.2) is 12.1 Å². The number of benzene rings is 1. The number of phenols is 1. The summed E-state index contributed by atoms with van der Waals surface area (Å²) in [6.07, 6.45) is 5.26. The smallest absolute Gasteiger partial charge is 0.173 e. The molecule has 1 fully saturated rings. The number of phenolic OH excluding ortho intramolecular Hbond substituents is 1. The van der Waals surface area contributed by atoms with Gasteiger partial charge in [0.25, 0.3) is 0 Å². The van der Waals surface area contributed by atoms with Crippen LogP contribution in [0.5, 0.6) is 5.75 Å². The summed E-state index contributed by atoms with van der Waals surface area (Å²) in [6.45, 7) is 1.59. The van der Waals surface area contributed by atoms with Gasteiger partial charge in [0.2, 0.25) is 0 Å². The number of aliphatic hydroxyl groups is 1. The van der Waals surface area contributed by atoms with E-state index in [0.29, 0.717) is 16.7 Å². The number of anilines is 1. The van der Waals surface area contributed by atoms with Crippen LogP contribution in [-0.4, -0.2) is 28.4 Å². The van der Waals surface area contributed by atoms with E-state index >= 15 is 0 Å². The molecule has 1 aliphatic carbocycles. The number of rotatable bonds is 3. The lowest BCUT2D eigenvalue weighted by molar-refractivity contribution is 0.195. The van der Waals surface area contributed by atoms with Crippen LogP contribution in [0.25, 0.3) is 0 Å². The summed E-state index contributed by atoms with van der Waals surface area (Å²) in [5.41, 5.74) is 1.14. The molecule has 1 aliphatic rings. The number of aliphatic hydroxyl groups excluding tert-OH is 1. The summed E-state index contributed by atoms with van der Waals surface area (Å²) < 4.78 is 0. The molecule has 1 atom stereocenters. The van der Waals surface area contributed by atoms with Crippen molar-refractivity contribution in [3.8, 4) is 5.75 Å². The van der Waals surface area contributed by atoms with Crippen molar-refractivity contribution in [2.45, 2.75) is 51.2 Å². The van der Waals surface area contributed by atoms with E-state index in [2.05, 4.69) is 5.32 Å². The highest BCUT2D eigenvalue weighted by molar-refractivity contribution is 7.80. The van der Waals surface area contributed by atoms with Crippen LogP contribution in [0.1, 0.15) is 50.7 Å². The Balaban J connectivity index is 2.14. The van der Waals surface area contributed by atoms with Crippen molar-refractivity contribution >= 4 is 34.6 Å². The highest BCUT2D eigenvalue weighted by atomic mass is 35.5. The van der Waals surface area contributed by atoms with Gasteiger partial charge in [0.05, 0.1) is 11.1 Å². The van der Waals surface area contributed by atoms with Crippen molar-refractivity contribution in [2.75, 3.05) is 11.9 Å². The summed E-state index contributed by atoms with van der Waals surface area (Å²) in [4.78, 5) is 1.82. The first-order valence-electron chi connectivity index (χ1n) is 7.65. The third-order valence-electron chi connectivity index (χ3n) is 4.15. The number of nitrogens with one attached hydrogen (secondary N) is 1. The van der Waals surface area contributed by atoms with E-state index in [0.717, 1.165) is 18.5 Å². The zero-order valence-electron chi connectivity index (χ0n) is 13.0. The maximum atomic E-state index is 9.91. The predicted molar refractivity (Wildman–Crippen MR) is 94.8 cm³/mol. The second kappa shape index (κ2) is 7.49. The quantitative estimate of drug-likeness (QED) is 0.730. The highest BCUT2D eigenvalue weighted by Crippen LogP contribution is 2.36. The van der Waals surface area contributed by atoms with Crippen LogP contribution < -0.4 is 10.2 Å². The molecule has 0 aliphatic heterocycles. The molecule has 0 heterocycles. The van der Waals surface area contributed by atoms with E-state index in [1.54, 1.807) is 19.1 Å². The Morgan fingerprint density at radius 3 is 2.59 bits per heavy atom. The normalized spacial score (nSPS) is 17.1. The number of hydrogen-bond acceptors (Lipinski definition) is 3. The van der Waals surface area contributed by atoms with Crippen LogP contribution in [0.2, 0.25) is 5.02 Å². The lowest BCUT2D eigenvalue weighted by Gasteiger charge is -2.29. The first-order valence-corrected chi connectivity index (χ1v) is 8.43. The van der Waals surface area contributed by atoms with Crippen molar-refractivity contribution in [1.29, 1.82) is 0 Å². The Labute approximate surface area is 142 Å². The Morgan fingerprint density at radius 1 is 1.36 bits per heavy atom. The number of hydrogen-bond donors (Lipinski definition) is 3. The summed E-state index contributed by atoms with van der Waals surface area (Å²) in [6, 6.07) is 3.78. The lowest BCUT2D eigenvalue weighted by atomic mass is 9.96. The molecule has 1 aromatic carbocycles. The van der Waals surface area contributed by atoms with Gasteiger partial charge >= 0.3 is 0 Å². The fraction of sp³-hybridized carbons (Fsp3) is 0.562. The zero-order valence-corrected chi connectivity index (χ0v) is 14.5. The second-order valence-corrected chi connectivity index (χ2v) is 6.68. The fourth-order valence-electron chi connectivity index (χ4n) is 2.75. The topological polar surface area (TPSA) is 55.7 Å². The number of halogens is 1. The third kappa shape index (κ3) is 4.03.